The van der Waals surface area contributed by atoms with E-state index in [0.717, 1.165) is 10.4 Å². The number of halogens is 1. The summed E-state index contributed by atoms with van der Waals surface area (Å²) in [5, 5.41) is 3.65. The molecule has 18 heavy (non-hydrogen) atoms. The largest absolute Gasteiger partial charge is 0.381 e. The fraction of sp³-hybridized carbons (Fsp3) is 0.600. The number of piperidine rings is 1. The lowest BCUT2D eigenvalue weighted by Gasteiger charge is -2.35. The van der Waals surface area contributed by atoms with Gasteiger partial charge in [-0.1, -0.05) is 19.1 Å². The molecule has 0 amide bonds. The molecule has 0 spiro atoms. The molecule has 0 aromatic heterocycles. The van der Waals surface area contributed by atoms with Crippen LogP contribution in [-0.2, 0) is 0 Å². The van der Waals surface area contributed by atoms with Crippen LogP contribution in [0.3, 0.4) is 0 Å². The van der Waals surface area contributed by atoms with E-state index in [1.807, 2.05) is 0 Å². The van der Waals surface area contributed by atoms with Crippen molar-refractivity contribution in [3.05, 3.63) is 28.7 Å². The number of likely N-dealkylation sites (tertiary alicyclic amines) is 1. The molecular weight excluding hydrogens is 288 g/mol. The predicted molar refractivity (Wildman–Crippen MR) is 82.1 cm³/mol. The van der Waals surface area contributed by atoms with Crippen LogP contribution < -0.4 is 5.32 Å². The van der Waals surface area contributed by atoms with E-state index in [1.54, 1.807) is 0 Å². The topological polar surface area (TPSA) is 15.3 Å². The molecule has 1 aliphatic heterocycles. The van der Waals surface area contributed by atoms with Gasteiger partial charge in [0.15, 0.2) is 0 Å². The maximum Gasteiger partial charge on any atom is 0.0486 e. The molecule has 0 aliphatic carbocycles. The third-order valence-electron chi connectivity index (χ3n) is 4.04. The van der Waals surface area contributed by atoms with Gasteiger partial charge >= 0.3 is 0 Å². The van der Waals surface area contributed by atoms with Crippen LogP contribution in [-0.4, -0.2) is 30.6 Å². The van der Waals surface area contributed by atoms with Crippen LogP contribution in [0.5, 0.6) is 0 Å². The summed E-state index contributed by atoms with van der Waals surface area (Å²) in [6, 6.07) is 8.91. The van der Waals surface area contributed by atoms with E-state index < -0.39 is 0 Å². The first kappa shape index (κ1) is 13.9. The normalized spacial score (nSPS) is 19.7. The van der Waals surface area contributed by atoms with Gasteiger partial charge in [0.05, 0.1) is 0 Å². The van der Waals surface area contributed by atoms with Gasteiger partial charge in [-0.25, -0.2) is 0 Å². The number of hydrogen-bond acceptors (Lipinski definition) is 2. The molecule has 1 fully saturated rings. The Morgan fingerprint density at radius 3 is 2.61 bits per heavy atom. The third kappa shape index (κ3) is 3.48. The Morgan fingerprint density at radius 2 is 2.00 bits per heavy atom. The summed E-state index contributed by atoms with van der Waals surface area (Å²) < 4.78 is 1.16. The molecule has 0 radical (unpaired) electrons. The second-order valence-electron chi connectivity index (χ2n) is 5.18. The summed E-state index contributed by atoms with van der Waals surface area (Å²) in [6.07, 6.45) is 2.62. The third-order valence-corrected chi connectivity index (χ3v) is 4.74. The van der Waals surface area contributed by atoms with Gasteiger partial charge in [0.2, 0.25) is 0 Å². The lowest BCUT2D eigenvalue weighted by Crippen LogP contribution is -2.39. The fourth-order valence-electron chi connectivity index (χ4n) is 2.71. The van der Waals surface area contributed by atoms with Crippen molar-refractivity contribution in [3.8, 4) is 0 Å². The van der Waals surface area contributed by atoms with Crippen molar-refractivity contribution in [2.75, 3.05) is 25.0 Å². The number of rotatable bonds is 4. The summed E-state index contributed by atoms with van der Waals surface area (Å²) in [7, 11) is 0. The Balaban J connectivity index is 1.89. The van der Waals surface area contributed by atoms with Gasteiger partial charge in [0, 0.05) is 16.2 Å². The van der Waals surface area contributed by atoms with Crippen molar-refractivity contribution in [1.29, 1.82) is 0 Å². The Bertz CT molecular complexity index is 373. The van der Waals surface area contributed by atoms with Crippen molar-refractivity contribution in [2.24, 2.45) is 5.92 Å². The van der Waals surface area contributed by atoms with Gasteiger partial charge in [-0.2, -0.15) is 0 Å². The number of nitrogens with one attached hydrogen (secondary N) is 1. The number of hydrogen-bond donors (Lipinski definition) is 1. The van der Waals surface area contributed by atoms with E-state index in [0.29, 0.717) is 6.04 Å². The smallest absolute Gasteiger partial charge is 0.0486 e. The molecule has 1 heterocycles. The SMILES string of the molecule is CCN1CCC(C(C)Nc2ccccc2Br)CC1. The van der Waals surface area contributed by atoms with Crippen molar-refractivity contribution in [1.82, 2.24) is 4.90 Å². The highest BCUT2D eigenvalue weighted by Gasteiger charge is 2.23. The molecule has 1 N–H and O–H groups in total. The molecule has 2 nitrogen and oxygen atoms in total. The minimum Gasteiger partial charge on any atom is -0.381 e. The maximum absolute atomic E-state index is 3.65. The standard InChI is InChI=1S/C15H23BrN2/c1-3-18-10-8-13(9-11-18)12(2)17-15-7-5-4-6-14(15)16/h4-7,12-13,17H,3,8-11H2,1-2H3. The van der Waals surface area contributed by atoms with Crippen LogP contribution in [0.15, 0.2) is 28.7 Å². The number of para-hydroxylation sites is 1. The minimum absolute atomic E-state index is 0.544. The van der Waals surface area contributed by atoms with E-state index in [4.69, 9.17) is 0 Å². The van der Waals surface area contributed by atoms with Crippen LogP contribution in [0.25, 0.3) is 0 Å². The van der Waals surface area contributed by atoms with Gasteiger partial charge in [0.1, 0.15) is 0 Å². The Hall–Kier alpha value is -0.540. The van der Waals surface area contributed by atoms with Crippen LogP contribution in [0.4, 0.5) is 5.69 Å². The highest BCUT2D eigenvalue weighted by molar-refractivity contribution is 9.10. The highest BCUT2D eigenvalue weighted by Crippen LogP contribution is 2.26. The summed E-state index contributed by atoms with van der Waals surface area (Å²) >= 11 is 3.60. The van der Waals surface area contributed by atoms with Crippen LogP contribution >= 0.6 is 15.9 Å². The van der Waals surface area contributed by atoms with Gasteiger partial charge in [-0.15, -0.1) is 0 Å². The van der Waals surface area contributed by atoms with Gasteiger partial charge in [0.25, 0.3) is 0 Å². The first-order chi connectivity index (χ1) is 8.70. The summed E-state index contributed by atoms with van der Waals surface area (Å²) in [6.45, 7) is 8.26. The lowest BCUT2D eigenvalue weighted by molar-refractivity contribution is 0.183. The number of benzene rings is 1. The molecule has 2 rings (SSSR count). The quantitative estimate of drug-likeness (QED) is 0.905. The van der Waals surface area contributed by atoms with E-state index in [9.17, 15) is 0 Å². The first-order valence-electron chi connectivity index (χ1n) is 6.94. The number of anilines is 1. The fourth-order valence-corrected chi connectivity index (χ4v) is 3.11. The van der Waals surface area contributed by atoms with E-state index in [-0.39, 0.29) is 0 Å². The zero-order valence-electron chi connectivity index (χ0n) is 11.3. The maximum atomic E-state index is 3.65. The molecule has 0 saturated carbocycles. The molecule has 1 atom stereocenters. The second-order valence-corrected chi connectivity index (χ2v) is 6.04. The Kier molecular flexibility index (Phi) is 5.07. The first-order valence-corrected chi connectivity index (χ1v) is 7.73. The van der Waals surface area contributed by atoms with E-state index in [2.05, 4.69) is 64.3 Å². The lowest BCUT2D eigenvalue weighted by atomic mass is 9.90. The summed E-state index contributed by atoms with van der Waals surface area (Å²) in [5.41, 5.74) is 1.21. The molecule has 1 aliphatic rings. The van der Waals surface area contributed by atoms with E-state index >= 15 is 0 Å². The monoisotopic (exact) mass is 310 g/mol. The average molecular weight is 311 g/mol. The molecule has 1 unspecified atom stereocenters. The molecular formula is C15H23BrN2. The van der Waals surface area contributed by atoms with Crippen LogP contribution in [0, 0.1) is 5.92 Å². The average Bonchev–Trinajstić information content (AvgIpc) is 2.41. The molecule has 100 valence electrons. The molecule has 1 aromatic rings. The number of nitrogens with zero attached hydrogens (tertiary/aromatic N) is 1. The molecule has 1 aromatic carbocycles. The summed E-state index contributed by atoms with van der Waals surface area (Å²) in [4.78, 5) is 2.54. The van der Waals surface area contributed by atoms with Crippen molar-refractivity contribution < 1.29 is 0 Å². The highest BCUT2D eigenvalue weighted by atomic mass is 79.9. The molecule has 0 bridgehead atoms. The van der Waals surface area contributed by atoms with Crippen molar-refractivity contribution >= 4 is 21.6 Å². The van der Waals surface area contributed by atoms with Crippen LogP contribution in [0.1, 0.15) is 26.7 Å². The predicted octanol–water partition coefficient (Wildman–Crippen LogP) is 3.98. The zero-order valence-corrected chi connectivity index (χ0v) is 12.9. The van der Waals surface area contributed by atoms with Gasteiger partial charge < -0.3 is 10.2 Å². The van der Waals surface area contributed by atoms with Gasteiger partial charge in [-0.3, -0.25) is 0 Å². The van der Waals surface area contributed by atoms with Gasteiger partial charge in [-0.05, 0) is 73.4 Å². The molecule has 3 heteroatoms. The van der Waals surface area contributed by atoms with Crippen molar-refractivity contribution in [3.63, 3.8) is 0 Å². The van der Waals surface area contributed by atoms with E-state index in [1.165, 1.54) is 38.2 Å². The van der Waals surface area contributed by atoms with Crippen LogP contribution in [0.2, 0.25) is 0 Å². The Morgan fingerprint density at radius 1 is 1.33 bits per heavy atom. The molecule has 1 saturated heterocycles. The Labute approximate surface area is 119 Å². The second kappa shape index (κ2) is 6.58. The zero-order chi connectivity index (χ0) is 13.0. The minimum atomic E-state index is 0.544. The van der Waals surface area contributed by atoms with Crippen molar-refractivity contribution in [2.45, 2.75) is 32.7 Å². The summed E-state index contributed by atoms with van der Waals surface area (Å²) in [5.74, 6) is 0.792.